The average Bonchev–Trinajstić information content (AvgIpc) is 2.87. The van der Waals surface area contributed by atoms with Gasteiger partial charge in [0.25, 0.3) is 0 Å². The van der Waals surface area contributed by atoms with E-state index in [-0.39, 0.29) is 0 Å². The minimum atomic E-state index is 0.318. The van der Waals surface area contributed by atoms with E-state index >= 15 is 0 Å². The summed E-state index contributed by atoms with van der Waals surface area (Å²) in [4.78, 5) is 0. The lowest BCUT2D eigenvalue weighted by atomic mass is 10.0. The molecule has 0 atom stereocenters. The van der Waals surface area contributed by atoms with Gasteiger partial charge in [0, 0.05) is 16.1 Å². The molecule has 0 radical (unpaired) electrons. The molecule has 0 bridgehead atoms. The SMILES string of the molecule is Brc1cccc(C2(NC3CCCC3)CC2)c1. The van der Waals surface area contributed by atoms with Crippen LogP contribution in [0.2, 0.25) is 0 Å². The van der Waals surface area contributed by atoms with Gasteiger partial charge in [-0.25, -0.2) is 0 Å². The smallest absolute Gasteiger partial charge is 0.0438 e. The van der Waals surface area contributed by atoms with E-state index in [2.05, 4.69) is 45.5 Å². The van der Waals surface area contributed by atoms with Gasteiger partial charge in [0.05, 0.1) is 0 Å². The topological polar surface area (TPSA) is 12.0 Å². The van der Waals surface area contributed by atoms with E-state index in [0.29, 0.717) is 5.54 Å². The first-order chi connectivity index (χ1) is 7.78. The van der Waals surface area contributed by atoms with Crippen LogP contribution in [0.3, 0.4) is 0 Å². The molecule has 16 heavy (non-hydrogen) atoms. The van der Waals surface area contributed by atoms with E-state index in [1.807, 2.05) is 0 Å². The van der Waals surface area contributed by atoms with Gasteiger partial charge in [-0.3, -0.25) is 0 Å². The molecule has 1 aromatic rings. The van der Waals surface area contributed by atoms with Crippen molar-refractivity contribution in [2.75, 3.05) is 0 Å². The summed E-state index contributed by atoms with van der Waals surface area (Å²) < 4.78 is 1.20. The summed E-state index contributed by atoms with van der Waals surface area (Å²) in [6.07, 6.45) is 8.17. The standard InChI is InChI=1S/C14H18BrN/c15-12-5-3-4-11(10-12)14(8-9-14)16-13-6-1-2-7-13/h3-5,10,13,16H,1-2,6-9H2. The van der Waals surface area contributed by atoms with Gasteiger partial charge < -0.3 is 5.32 Å². The second-order valence-corrected chi connectivity index (χ2v) is 6.13. The largest absolute Gasteiger partial charge is 0.305 e. The highest BCUT2D eigenvalue weighted by Gasteiger charge is 2.45. The van der Waals surface area contributed by atoms with Crippen molar-refractivity contribution in [3.63, 3.8) is 0 Å². The summed E-state index contributed by atoms with van der Waals surface area (Å²) in [7, 11) is 0. The van der Waals surface area contributed by atoms with Crippen molar-refractivity contribution in [1.82, 2.24) is 5.32 Å². The lowest BCUT2D eigenvalue weighted by Gasteiger charge is -2.23. The first-order valence-electron chi connectivity index (χ1n) is 6.32. The molecular weight excluding hydrogens is 262 g/mol. The lowest BCUT2D eigenvalue weighted by Crippen LogP contribution is -2.36. The summed E-state index contributed by atoms with van der Waals surface area (Å²) in [6, 6.07) is 9.56. The molecule has 86 valence electrons. The van der Waals surface area contributed by atoms with Gasteiger partial charge in [-0.15, -0.1) is 0 Å². The average molecular weight is 280 g/mol. The molecule has 0 heterocycles. The van der Waals surface area contributed by atoms with E-state index in [1.54, 1.807) is 0 Å². The molecule has 1 nitrogen and oxygen atoms in total. The van der Waals surface area contributed by atoms with Gasteiger partial charge in [-0.1, -0.05) is 40.9 Å². The highest BCUT2D eigenvalue weighted by Crippen LogP contribution is 2.47. The quantitative estimate of drug-likeness (QED) is 0.883. The van der Waals surface area contributed by atoms with Crippen LogP contribution < -0.4 is 5.32 Å². The molecule has 2 aliphatic carbocycles. The van der Waals surface area contributed by atoms with Crippen LogP contribution in [-0.2, 0) is 5.54 Å². The highest BCUT2D eigenvalue weighted by molar-refractivity contribution is 9.10. The summed E-state index contributed by atoms with van der Waals surface area (Å²) in [5.41, 5.74) is 1.78. The Morgan fingerprint density at radius 3 is 2.56 bits per heavy atom. The van der Waals surface area contributed by atoms with Crippen LogP contribution in [-0.4, -0.2) is 6.04 Å². The number of nitrogens with one attached hydrogen (secondary N) is 1. The van der Waals surface area contributed by atoms with Crippen LogP contribution >= 0.6 is 15.9 Å². The Hall–Kier alpha value is -0.340. The molecule has 0 saturated heterocycles. The molecule has 2 saturated carbocycles. The number of halogens is 1. The first kappa shape index (κ1) is 10.8. The number of hydrogen-bond acceptors (Lipinski definition) is 1. The van der Waals surface area contributed by atoms with E-state index in [4.69, 9.17) is 0 Å². The zero-order chi connectivity index (χ0) is 11.0. The zero-order valence-electron chi connectivity index (χ0n) is 9.51. The maximum Gasteiger partial charge on any atom is 0.0438 e. The maximum absolute atomic E-state index is 3.89. The summed E-state index contributed by atoms with van der Waals surface area (Å²) >= 11 is 3.57. The molecule has 0 aliphatic heterocycles. The second-order valence-electron chi connectivity index (χ2n) is 5.22. The van der Waals surface area contributed by atoms with Crippen LogP contribution in [0.25, 0.3) is 0 Å². The summed E-state index contributed by atoms with van der Waals surface area (Å²) in [6.45, 7) is 0. The third kappa shape index (κ3) is 2.05. The van der Waals surface area contributed by atoms with Gasteiger partial charge >= 0.3 is 0 Å². The van der Waals surface area contributed by atoms with Crippen molar-refractivity contribution in [3.05, 3.63) is 34.3 Å². The number of benzene rings is 1. The van der Waals surface area contributed by atoms with Gasteiger partial charge in [-0.2, -0.15) is 0 Å². The Kier molecular flexibility index (Phi) is 2.80. The predicted octanol–water partition coefficient (Wildman–Crippen LogP) is 3.97. The molecule has 0 aromatic heterocycles. The number of rotatable bonds is 3. The Labute approximate surface area is 106 Å². The third-order valence-electron chi connectivity index (χ3n) is 3.96. The Morgan fingerprint density at radius 1 is 1.19 bits per heavy atom. The molecule has 3 rings (SSSR count). The van der Waals surface area contributed by atoms with Gasteiger partial charge in [0.1, 0.15) is 0 Å². The molecule has 1 aromatic carbocycles. The van der Waals surface area contributed by atoms with Crippen LogP contribution in [0.4, 0.5) is 0 Å². The van der Waals surface area contributed by atoms with Crippen molar-refractivity contribution in [2.24, 2.45) is 0 Å². The van der Waals surface area contributed by atoms with Crippen LogP contribution in [0.15, 0.2) is 28.7 Å². The fourth-order valence-corrected chi connectivity index (χ4v) is 3.29. The maximum atomic E-state index is 3.89. The van der Waals surface area contributed by atoms with Crippen molar-refractivity contribution in [1.29, 1.82) is 0 Å². The van der Waals surface area contributed by atoms with E-state index in [1.165, 1.54) is 48.6 Å². The Balaban J connectivity index is 1.77. The second kappa shape index (κ2) is 4.15. The minimum Gasteiger partial charge on any atom is -0.305 e. The lowest BCUT2D eigenvalue weighted by molar-refractivity contribution is 0.424. The Morgan fingerprint density at radius 2 is 1.94 bits per heavy atom. The van der Waals surface area contributed by atoms with E-state index in [9.17, 15) is 0 Å². The van der Waals surface area contributed by atoms with Crippen LogP contribution in [0, 0.1) is 0 Å². The van der Waals surface area contributed by atoms with Crippen LogP contribution in [0.1, 0.15) is 44.1 Å². The molecule has 2 heteroatoms. The fourth-order valence-electron chi connectivity index (χ4n) is 2.89. The van der Waals surface area contributed by atoms with Gasteiger partial charge in [0.2, 0.25) is 0 Å². The van der Waals surface area contributed by atoms with Crippen LogP contribution in [0.5, 0.6) is 0 Å². The Bertz CT molecular complexity index is 378. The molecule has 2 fully saturated rings. The number of hydrogen-bond donors (Lipinski definition) is 1. The molecular formula is C14H18BrN. The normalized spacial score (nSPS) is 23.6. The molecule has 0 spiro atoms. The zero-order valence-corrected chi connectivity index (χ0v) is 11.1. The summed E-state index contributed by atoms with van der Waals surface area (Å²) in [5, 5.41) is 3.89. The van der Waals surface area contributed by atoms with Crippen molar-refractivity contribution in [3.8, 4) is 0 Å². The van der Waals surface area contributed by atoms with E-state index < -0.39 is 0 Å². The molecule has 0 amide bonds. The van der Waals surface area contributed by atoms with Crippen molar-refractivity contribution in [2.45, 2.75) is 50.1 Å². The molecule has 2 aliphatic rings. The van der Waals surface area contributed by atoms with Crippen molar-refractivity contribution < 1.29 is 0 Å². The fraction of sp³-hybridized carbons (Fsp3) is 0.571. The monoisotopic (exact) mass is 279 g/mol. The molecule has 1 N–H and O–H groups in total. The van der Waals surface area contributed by atoms with Crippen molar-refractivity contribution >= 4 is 15.9 Å². The van der Waals surface area contributed by atoms with Gasteiger partial charge in [0.15, 0.2) is 0 Å². The minimum absolute atomic E-state index is 0.318. The predicted molar refractivity (Wildman–Crippen MR) is 70.4 cm³/mol. The third-order valence-corrected chi connectivity index (χ3v) is 4.46. The van der Waals surface area contributed by atoms with Gasteiger partial charge in [-0.05, 0) is 43.4 Å². The van der Waals surface area contributed by atoms with E-state index in [0.717, 1.165) is 6.04 Å². The first-order valence-corrected chi connectivity index (χ1v) is 7.12. The molecule has 0 unspecified atom stereocenters. The summed E-state index contributed by atoms with van der Waals surface area (Å²) in [5.74, 6) is 0. The highest BCUT2D eigenvalue weighted by atomic mass is 79.9.